The molecule has 3 bridgehead atoms. The van der Waals surface area contributed by atoms with Gasteiger partial charge in [-0.3, -0.25) is 4.79 Å². The topological polar surface area (TPSA) is 67.6 Å². The zero-order valence-electron chi connectivity index (χ0n) is 19.1. The monoisotopic (exact) mass is 455 g/mol. The number of amides is 1. The van der Waals surface area contributed by atoms with Crippen molar-refractivity contribution in [1.82, 2.24) is 15.4 Å². The number of nitrogens with zero attached hydrogens (tertiary/aromatic N) is 2. The van der Waals surface area contributed by atoms with Gasteiger partial charge in [0.05, 0.1) is 6.61 Å². The molecule has 32 heavy (non-hydrogen) atoms. The molecule has 4 aliphatic rings. The van der Waals surface area contributed by atoms with Crippen molar-refractivity contribution < 1.29 is 14.1 Å². The van der Waals surface area contributed by atoms with Gasteiger partial charge in [-0.2, -0.15) is 0 Å². The minimum atomic E-state index is -0.158. The molecular formula is C25H33N3O3S. The van der Waals surface area contributed by atoms with Crippen LogP contribution in [0.1, 0.15) is 61.9 Å². The third kappa shape index (κ3) is 4.42. The Morgan fingerprint density at radius 3 is 2.84 bits per heavy atom. The maximum Gasteiger partial charge on any atom is 0.291 e. The molecule has 4 fully saturated rings. The predicted octanol–water partition coefficient (Wildman–Crippen LogP) is 5.00. The molecule has 6 rings (SSSR count). The van der Waals surface area contributed by atoms with Crippen LogP contribution in [-0.2, 0) is 0 Å². The lowest BCUT2D eigenvalue weighted by molar-refractivity contribution is -0.104. The van der Waals surface area contributed by atoms with Crippen LogP contribution in [0.15, 0.2) is 44.6 Å². The van der Waals surface area contributed by atoms with Crippen LogP contribution < -0.4 is 10.1 Å². The Balaban J connectivity index is 1.32. The number of aromatic nitrogens is 1. The number of nitrogens with one attached hydrogen (secondary N) is 1. The van der Waals surface area contributed by atoms with E-state index in [4.69, 9.17) is 9.26 Å². The normalized spacial score (nSPS) is 28.3. The first kappa shape index (κ1) is 21.8. The van der Waals surface area contributed by atoms with Crippen molar-refractivity contribution in [3.63, 3.8) is 0 Å². The molecule has 6 nitrogen and oxygen atoms in total. The van der Waals surface area contributed by atoms with E-state index in [0.717, 1.165) is 43.0 Å². The summed E-state index contributed by atoms with van der Waals surface area (Å²) in [5.74, 6) is 1.28. The van der Waals surface area contributed by atoms with E-state index in [2.05, 4.69) is 15.4 Å². The Morgan fingerprint density at radius 2 is 2.09 bits per heavy atom. The lowest BCUT2D eigenvalue weighted by Crippen LogP contribution is -2.67. The summed E-state index contributed by atoms with van der Waals surface area (Å²) in [5.41, 5.74) is 0.423. The summed E-state index contributed by atoms with van der Waals surface area (Å²) < 4.78 is 11.5. The lowest BCUT2D eigenvalue weighted by atomic mass is 9.43. The largest absolute Gasteiger partial charge is 0.475 e. The molecule has 4 saturated carbocycles. The van der Waals surface area contributed by atoms with Gasteiger partial charge in [0.2, 0.25) is 5.76 Å². The fourth-order valence-electron chi connectivity index (χ4n) is 6.35. The number of carbonyl (C=O) groups is 1. The standard InChI is InChI=1S/C25H33N3O3S/c1-28(2)12-7-13-30-23-21(32-19-9-4-3-5-10-19)20(31-27-23)22(29)26-25-15-18-8-6-11-24(14-18,16-25)17-25/h3-5,9-10,18H,6-8,11-17H2,1-2H3,(H,26,29). The minimum absolute atomic E-state index is 0.0609. The van der Waals surface area contributed by atoms with Crippen LogP contribution in [0, 0.1) is 11.3 Å². The molecule has 172 valence electrons. The number of benzene rings is 1. The average molecular weight is 456 g/mol. The van der Waals surface area contributed by atoms with E-state index in [1.807, 2.05) is 44.4 Å². The summed E-state index contributed by atoms with van der Waals surface area (Å²) in [6, 6.07) is 9.99. The first-order valence-electron chi connectivity index (χ1n) is 11.8. The molecule has 1 unspecified atom stereocenters. The molecule has 2 aromatic rings. The van der Waals surface area contributed by atoms with E-state index in [1.165, 1.54) is 37.4 Å². The van der Waals surface area contributed by atoms with Crippen LogP contribution in [0.2, 0.25) is 0 Å². The van der Waals surface area contributed by atoms with Gasteiger partial charge in [-0.1, -0.05) is 42.8 Å². The highest BCUT2D eigenvalue weighted by molar-refractivity contribution is 7.99. The Labute approximate surface area is 194 Å². The molecule has 1 amide bonds. The van der Waals surface area contributed by atoms with Gasteiger partial charge in [0.1, 0.15) is 4.90 Å². The highest BCUT2D eigenvalue weighted by Crippen LogP contribution is 2.65. The second-order valence-corrected chi connectivity index (χ2v) is 11.4. The van der Waals surface area contributed by atoms with Gasteiger partial charge in [-0.15, -0.1) is 0 Å². The van der Waals surface area contributed by atoms with Crippen molar-refractivity contribution in [1.29, 1.82) is 0 Å². The Kier molecular flexibility index (Phi) is 5.97. The molecule has 1 atom stereocenters. The molecule has 0 saturated heterocycles. The number of carbonyl (C=O) groups excluding carboxylic acids is 1. The number of hydrogen-bond donors (Lipinski definition) is 1. The summed E-state index contributed by atoms with van der Waals surface area (Å²) >= 11 is 1.48. The zero-order chi connectivity index (χ0) is 22.2. The molecule has 1 heterocycles. The predicted molar refractivity (Wildman–Crippen MR) is 124 cm³/mol. The molecule has 1 spiro atoms. The van der Waals surface area contributed by atoms with Gasteiger partial charge in [0.15, 0.2) is 0 Å². The van der Waals surface area contributed by atoms with Crippen molar-refractivity contribution in [2.45, 2.75) is 66.7 Å². The van der Waals surface area contributed by atoms with Crippen LogP contribution in [-0.4, -0.2) is 48.7 Å². The number of ether oxygens (including phenoxy) is 1. The zero-order valence-corrected chi connectivity index (χ0v) is 19.9. The highest BCUT2D eigenvalue weighted by atomic mass is 32.2. The lowest BCUT2D eigenvalue weighted by Gasteiger charge is -2.65. The summed E-state index contributed by atoms with van der Waals surface area (Å²) in [4.78, 5) is 17.2. The van der Waals surface area contributed by atoms with Crippen molar-refractivity contribution in [2.75, 3.05) is 27.2 Å². The number of hydrogen-bond acceptors (Lipinski definition) is 6. The van der Waals surface area contributed by atoms with E-state index in [9.17, 15) is 4.79 Å². The van der Waals surface area contributed by atoms with E-state index < -0.39 is 0 Å². The van der Waals surface area contributed by atoms with Gasteiger partial charge in [0.25, 0.3) is 11.8 Å². The van der Waals surface area contributed by atoms with Crippen molar-refractivity contribution in [3.8, 4) is 5.88 Å². The van der Waals surface area contributed by atoms with Gasteiger partial charge in [-0.05, 0) is 81.2 Å². The third-order valence-corrected chi connectivity index (χ3v) is 8.38. The SMILES string of the molecule is CN(C)CCCOc1noc(C(=O)NC23CC4CCCC(C4)(C2)C3)c1Sc1ccccc1. The van der Waals surface area contributed by atoms with Crippen LogP contribution in [0.25, 0.3) is 0 Å². The molecule has 0 radical (unpaired) electrons. The summed E-state index contributed by atoms with van der Waals surface area (Å²) in [6.07, 6.45) is 9.55. The fraction of sp³-hybridized carbons (Fsp3) is 0.600. The average Bonchev–Trinajstić information content (AvgIpc) is 3.13. The van der Waals surface area contributed by atoms with Gasteiger partial charge < -0.3 is 19.5 Å². The van der Waals surface area contributed by atoms with E-state index >= 15 is 0 Å². The van der Waals surface area contributed by atoms with Gasteiger partial charge >= 0.3 is 0 Å². The van der Waals surface area contributed by atoms with E-state index in [0.29, 0.717) is 22.8 Å². The summed E-state index contributed by atoms with van der Waals surface area (Å²) in [5, 5.41) is 7.52. The van der Waals surface area contributed by atoms with E-state index in [1.54, 1.807) is 0 Å². The van der Waals surface area contributed by atoms with Crippen molar-refractivity contribution >= 4 is 17.7 Å². The highest BCUT2D eigenvalue weighted by Gasteiger charge is 2.61. The second kappa shape index (κ2) is 8.75. The molecule has 1 N–H and O–H groups in total. The number of rotatable bonds is 9. The summed E-state index contributed by atoms with van der Waals surface area (Å²) in [7, 11) is 4.08. The minimum Gasteiger partial charge on any atom is -0.475 e. The first-order chi connectivity index (χ1) is 15.5. The fourth-order valence-corrected chi connectivity index (χ4v) is 7.28. The third-order valence-electron chi connectivity index (χ3n) is 7.30. The molecule has 1 aromatic heterocycles. The van der Waals surface area contributed by atoms with E-state index in [-0.39, 0.29) is 17.2 Å². The van der Waals surface area contributed by atoms with Gasteiger partial charge in [-0.25, -0.2) is 0 Å². The Morgan fingerprint density at radius 1 is 1.28 bits per heavy atom. The Hall–Kier alpha value is -1.99. The maximum atomic E-state index is 13.4. The van der Waals surface area contributed by atoms with Crippen LogP contribution in [0.3, 0.4) is 0 Å². The van der Waals surface area contributed by atoms with Crippen LogP contribution >= 0.6 is 11.8 Å². The maximum absolute atomic E-state index is 13.4. The molecule has 0 aliphatic heterocycles. The molecular weight excluding hydrogens is 422 g/mol. The molecule has 4 aliphatic carbocycles. The van der Waals surface area contributed by atoms with Crippen molar-refractivity contribution in [3.05, 3.63) is 36.1 Å². The van der Waals surface area contributed by atoms with Gasteiger partial charge in [0, 0.05) is 17.0 Å². The molecule has 1 aromatic carbocycles. The quantitative estimate of drug-likeness (QED) is 0.537. The molecule has 7 heteroatoms. The second-order valence-electron chi connectivity index (χ2n) is 10.3. The van der Waals surface area contributed by atoms with Crippen LogP contribution in [0.5, 0.6) is 5.88 Å². The summed E-state index contributed by atoms with van der Waals surface area (Å²) in [6.45, 7) is 1.46. The van der Waals surface area contributed by atoms with Crippen LogP contribution in [0.4, 0.5) is 0 Å². The Bertz CT molecular complexity index is 947. The first-order valence-corrected chi connectivity index (χ1v) is 12.6. The van der Waals surface area contributed by atoms with Crippen molar-refractivity contribution in [2.24, 2.45) is 11.3 Å². The smallest absolute Gasteiger partial charge is 0.291 e.